The fourth-order valence-electron chi connectivity index (χ4n) is 5.59. The quantitative estimate of drug-likeness (QED) is 0.846. The molecule has 5 nitrogen and oxygen atoms in total. The van der Waals surface area contributed by atoms with Gasteiger partial charge in [-0.2, -0.15) is 0 Å². The van der Waals surface area contributed by atoms with E-state index in [0.717, 1.165) is 37.7 Å². The zero-order chi connectivity index (χ0) is 18.9. The summed E-state index contributed by atoms with van der Waals surface area (Å²) in [5.74, 6) is 1.21. The molecule has 0 aromatic heterocycles. The predicted octanol–water partition coefficient (Wildman–Crippen LogP) is 2.98. The molecule has 4 bridgehead atoms. The van der Waals surface area contributed by atoms with E-state index in [9.17, 15) is 9.59 Å². The topological polar surface area (TPSA) is 58.6 Å². The second-order valence-corrected chi connectivity index (χ2v) is 9.67. The number of carbonyl (C=O) groups is 2. The molecule has 5 aliphatic heterocycles. The number of Topliss-reactive ketones (excluding diaryl/α,β-unsaturated/α-hetero) is 1. The molecule has 1 amide bonds. The maximum absolute atomic E-state index is 13.0. The molecule has 0 saturated carbocycles. The van der Waals surface area contributed by atoms with Gasteiger partial charge in [-0.1, -0.05) is 11.6 Å². The van der Waals surface area contributed by atoms with Crippen molar-refractivity contribution in [3.63, 3.8) is 0 Å². The molecule has 0 spiro atoms. The molecule has 1 aromatic rings. The van der Waals surface area contributed by atoms with Gasteiger partial charge in [0.2, 0.25) is 0 Å². The number of benzene rings is 1. The molecule has 6 heteroatoms. The number of piperidine rings is 4. The Hall–Kier alpha value is -1.59. The summed E-state index contributed by atoms with van der Waals surface area (Å²) in [6.07, 6.45) is 4.49. The van der Waals surface area contributed by atoms with Gasteiger partial charge in [-0.25, -0.2) is 0 Å². The lowest BCUT2D eigenvalue weighted by molar-refractivity contribution is -0.141. The van der Waals surface area contributed by atoms with Crippen LogP contribution in [0, 0.1) is 5.92 Å². The first-order valence-electron chi connectivity index (χ1n) is 9.90. The Kier molecular flexibility index (Phi) is 3.86. The lowest BCUT2D eigenvalue weighted by Gasteiger charge is -2.54. The molecule has 0 radical (unpaired) electrons. The number of carbonyl (C=O) groups excluding carboxylic acids is 2. The second-order valence-electron chi connectivity index (χ2n) is 9.24. The fourth-order valence-corrected chi connectivity index (χ4v) is 5.83. The molecule has 1 aromatic carbocycles. The number of hydrogen-bond donors (Lipinski definition) is 1. The predicted molar refractivity (Wildman–Crippen MR) is 102 cm³/mol. The molecule has 4 fully saturated rings. The van der Waals surface area contributed by atoms with E-state index in [0.29, 0.717) is 40.7 Å². The molecule has 0 aliphatic carbocycles. The number of amides is 1. The Morgan fingerprint density at radius 1 is 1.22 bits per heavy atom. The monoisotopic (exact) mass is 388 g/mol. The van der Waals surface area contributed by atoms with Crippen LogP contribution < -0.4 is 10.1 Å². The van der Waals surface area contributed by atoms with Crippen molar-refractivity contribution >= 4 is 23.3 Å². The zero-order valence-corrected chi connectivity index (χ0v) is 16.5. The van der Waals surface area contributed by atoms with Crippen LogP contribution in [0.4, 0.5) is 0 Å². The van der Waals surface area contributed by atoms with Crippen molar-refractivity contribution in [2.45, 2.75) is 69.7 Å². The Labute approximate surface area is 164 Å². The van der Waals surface area contributed by atoms with Crippen molar-refractivity contribution in [2.24, 2.45) is 5.92 Å². The normalized spacial score (nSPS) is 35.5. The van der Waals surface area contributed by atoms with Crippen LogP contribution in [0.3, 0.4) is 0 Å². The minimum absolute atomic E-state index is 0.104. The largest absolute Gasteiger partial charge is 0.486 e. The van der Waals surface area contributed by atoms with E-state index >= 15 is 0 Å². The van der Waals surface area contributed by atoms with E-state index in [-0.39, 0.29) is 23.5 Å². The lowest BCUT2D eigenvalue weighted by atomic mass is 9.71. The average molecular weight is 389 g/mol. The number of halogens is 1. The van der Waals surface area contributed by atoms with E-state index in [1.807, 2.05) is 19.9 Å². The van der Waals surface area contributed by atoms with Gasteiger partial charge in [0, 0.05) is 41.1 Å². The summed E-state index contributed by atoms with van der Waals surface area (Å²) in [4.78, 5) is 27.4. The number of ketones is 1. The van der Waals surface area contributed by atoms with E-state index in [2.05, 4.69) is 10.2 Å². The zero-order valence-electron chi connectivity index (χ0n) is 15.8. The molecule has 6 rings (SSSR count). The number of nitrogens with zero attached hydrogens (tertiary/aromatic N) is 1. The van der Waals surface area contributed by atoms with Crippen LogP contribution >= 0.6 is 11.6 Å². The maximum atomic E-state index is 13.0. The van der Waals surface area contributed by atoms with E-state index in [1.54, 1.807) is 6.07 Å². The summed E-state index contributed by atoms with van der Waals surface area (Å²) in [5, 5.41) is 3.80. The van der Waals surface area contributed by atoms with Crippen LogP contribution in [0.2, 0.25) is 5.02 Å². The van der Waals surface area contributed by atoms with Crippen molar-refractivity contribution < 1.29 is 14.3 Å². The number of nitrogens with one attached hydrogen (secondary N) is 1. The third-order valence-electron chi connectivity index (χ3n) is 6.66. The van der Waals surface area contributed by atoms with Gasteiger partial charge in [-0.15, -0.1) is 0 Å². The minimum Gasteiger partial charge on any atom is -0.486 e. The highest BCUT2D eigenvalue weighted by Gasteiger charge is 2.48. The molecule has 1 N–H and O–H groups in total. The third kappa shape index (κ3) is 2.95. The number of ether oxygens (including phenoxy) is 1. The van der Waals surface area contributed by atoms with Crippen molar-refractivity contribution in [2.75, 3.05) is 6.54 Å². The molecule has 4 saturated heterocycles. The number of rotatable bonds is 2. The molecule has 144 valence electrons. The lowest BCUT2D eigenvalue weighted by Crippen LogP contribution is -2.64. The first-order valence-corrected chi connectivity index (χ1v) is 10.3. The fraction of sp³-hybridized carbons (Fsp3) is 0.619. The maximum Gasteiger partial charge on any atom is 0.255 e. The first-order chi connectivity index (χ1) is 12.8. The smallest absolute Gasteiger partial charge is 0.255 e. The van der Waals surface area contributed by atoms with Crippen molar-refractivity contribution in [3.05, 3.63) is 28.3 Å². The van der Waals surface area contributed by atoms with Gasteiger partial charge in [0.05, 0.1) is 12.1 Å². The molecule has 3 unspecified atom stereocenters. The Bertz CT molecular complexity index is 821. The van der Waals surface area contributed by atoms with E-state index < -0.39 is 0 Å². The molecular formula is C21H25ClN2O3. The van der Waals surface area contributed by atoms with Crippen molar-refractivity contribution in [3.8, 4) is 5.75 Å². The molecule has 27 heavy (non-hydrogen) atoms. The Balaban J connectivity index is 1.34. The number of fused-ring (bicyclic) bond motifs is 2. The van der Waals surface area contributed by atoms with Gasteiger partial charge in [-0.05, 0) is 51.7 Å². The summed E-state index contributed by atoms with van der Waals surface area (Å²) in [5.41, 5.74) is 1.22. The van der Waals surface area contributed by atoms with E-state index in [4.69, 9.17) is 16.3 Å². The first kappa shape index (κ1) is 17.5. The van der Waals surface area contributed by atoms with Gasteiger partial charge >= 0.3 is 0 Å². The molecule has 5 atom stereocenters. The van der Waals surface area contributed by atoms with E-state index in [1.165, 1.54) is 0 Å². The van der Waals surface area contributed by atoms with Crippen LogP contribution in [0.5, 0.6) is 5.75 Å². The molecule has 5 aliphatic rings. The summed E-state index contributed by atoms with van der Waals surface area (Å²) in [6, 6.07) is 4.60. The Morgan fingerprint density at radius 3 is 2.59 bits per heavy atom. The van der Waals surface area contributed by atoms with Crippen LogP contribution in [0.25, 0.3) is 0 Å². The summed E-state index contributed by atoms with van der Waals surface area (Å²) >= 11 is 6.27. The van der Waals surface area contributed by atoms with Crippen molar-refractivity contribution in [1.82, 2.24) is 10.2 Å². The molecular weight excluding hydrogens is 364 g/mol. The van der Waals surface area contributed by atoms with Crippen molar-refractivity contribution in [1.29, 1.82) is 0 Å². The average Bonchev–Trinajstić information content (AvgIpc) is 2.87. The second kappa shape index (κ2) is 5.95. The highest BCUT2D eigenvalue weighted by Crippen LogP contribution is 2.42. The van der Waals surface area contributed by atoms with Crippen LogP contribution in [-0.4, -0.2) is 46.9 Å². The van der Waals surface area contributed by atoms with Gasteiger partial charge in [0.25, 0.3) is 5.91 Å². The summed E-state index contributed by atoms with van der Waals surface area (Å²) < 4.78 is 6.05. The van der Waals surface area contributed by atoms with Crippen LogP contribution in [0.15, 0.2) is 12.1 Å². The highest BCUT2D eigenvalue weighted by atomic mass is 35.5. The van der Waals surface area contributed by atoms with Gasteiger partial charge in [-0.3, -0.25) is 14.5 Å². The summed E-state index contributed by atoms with van der Waals surface area (Å²) in [6.45, 7) is 4.65. The van der Waals surface area contributed by atoms with Crippen LogP contribution in [0.1, 0.15) is 55.5 Å². The third-order valence-corrected chi connectivity index (χ3v) is 6.88. The summed E-state index contributed by atoms with van der Waals surface area (Å²) in [7, 11) is 0. The SMILES string of the molecule is CC1(C)Cc2cc(Cl)cc(C(=O)NC3CC4C[C@H]5C[C@H](C3)N4CC5=O)c2O1. The van der Waals surface area contributed by atoms with Crippen LogP contribution in [-0.2, 0) is 11.2 Å². The van der Waals surface area contributed by atoms with Gasteiger partial charge in [0.1, 0.15) is 17.1 Å². The van der Waals surface area contributed by atoms with Gasteiger partial charge in [0.15, 0.2) is 0 Å². The molecule has 5 heterocycles. The Morgan fingerprint density at radius 2 is 1.93 bits per heavy atom. The highest BCUT2D eigenvalue weighted by molar-refractivity contribution is 6.31. The minimum atomic E-state index is -0.317. The standard InChI is InChI=1S/C21H25ClN2O3/c1-21(2)9-12-3-13(22)6-17(19(12)27-21)20(26)23-14-7-15-4-11-5-16(8-14)24(15)10-18(11)25/h3,6,11,14-16H,4-5,7-10H2,1-2H3,(H,23,26)/t11-,14?,15-,16?/m1/s1. The van der Waals surface area contributed by atoms with Gasteiger partial charge < -0.3 is 10.1 Å². The number of hydrogen-bond acceptors (Lipinski definition) is 4.